The molecule has 1 N–H and O–H groups in total. The largest absolute Gasteiger partial charge is 0.357 e. The summed E-state index contributed by atoms with van der Waals surface area (Å²) in [5, 5.41) is 3.19. The molecule has 11 heteroatoms. The predicted molar refractivity (Wildman–Crippen MR) is 124 cm³/mol. The molecular formula is C20H22Cl3N3O4S. The fraction of sp³-hybridized carbons (Fsp3) is 0.300. The molecule has 0 fully saturated rings. The molecule has 0 spiro atoms. The molecule has 2 amide bonds. The van der Waals surface area contributed by atoms with Crippen LogP contribution in [-0.2, 0) is 26.2 Å². The Morgan fingerprint density at radius 2 is 1.68 bits per heavy atom. The van der Waals surface area contributed by atoms with Crippen LogP contribution in [0.15, 0.2) is 42.5 Å². The number of hydrogen-bond acceptors (Lipinski definition) is 4. The monoisotopic (exact) mass is 505 g/mol. The molecule has 168 valence electrons. The van der Waals surface area contributed by atoms with E-state index in [2.05, 4.69) is 5.32 Å². The molecule has 0 aliphatic carbocycles. The second-order valence-electron chi connectivity index (χ2n) is 6.78. The van der Waals surface area contributed by atoms with Crippen molar-refractivity contribution >= 4 is 62.3 Å². The number of rotatable bonds is 8. The molecule has 1 unspecified atom stereocenters. The minimum atomic E-state index is -3.89. The molecular weight excluding hydrogens is 485 g/mol. The van der Waals surface area contributed by atoms with Crippen molar-refractivity contribution < 1.29 is 18.0 Å². The van der Waals surface area contributed by atoms with Gasteiger partial charge in [-0.2, -0.15) is 0 Å². The van der Waals surface area contributed by atoms with Crippen molar-refractivity contribution in [2.24, 2.45) is 0 Å². The molecule has 0 bridgehead atoms. The highest BCUT2D eigenvalue weighted by Crippen LogP contribution is 2.33. The lowest BCUT2D eigenvalue weighted by atomic mass is 10.1. The Labute approximate surface area is 196 Å². The number of anilines is 1. The first-order valence-corrected chi connectivity index (χ1v) is 12.1. The lowest BCUT2D eigenvalue weighted by Gasteiger charge is -2.31. The number of hydrogen-bond donors (Lipinski definition) is 1. The van der Waals surface area contributed by atoms with Gasteiger partial charge in [0.15, 0.2) is 0 Å². The molecule has 1 atom stereocenters. The van der Waals surface area contributed by atoms with Gasteiger partial charge < -0.3 is 10.2 Å². The van der Waals surface area contributed by atoms with E-state index in [1.165, 1.54) is 30.1 Å². The third-order valence-electron chi connectivity index (χ3n) is 4.56. The molecule has 0 aliphatic rings. The Morgan fingerprint density at radius 1 is 1.06 bits per heavy atom. The van der Waals surface area contributed by atoms with Gasteiger partial charge in [-0.15, -0.1) is 0 Å². The van der Waals surface area contributed by atoms with Crippen LogP contribution in [0.25, 0.3) is 0 Å². The van der Waals surface area contributed by atoms with E-state index in [0.717, 1.165) is 16.1 Å². The highest BCUT2D eigenvalue weighted by atomic mass is 35.5. The SMILES string of the molecule is CNC(=O)C(C)N(Cc1ccc(Cl)cc1)C(=O)CN(c1cccc(Cl)c1Cl)S(C)(=O)=O. The van der Waals surface area contributed by atoms with E-state index in [0.29, 0.717) is 5.02 Å². The van der Waals surface area contributed by atoms with E-state index in [1.807, 2.05) is 0 Å². The number of carbonyl (C=O) groups excluding carboxylic acids is 2. The second kappa shape index (κ2) is 10.5. The summed E-state index contributed by atoms with van der Waals surface area (Å²) in [5.74, 6) is -0.985. The van der Waals surface area contributed by atoms with Gasteiger partial charge in [-0.05, 0) is 36.8 Å². The maximum Gasteiger partial charge on any atom is 0.244 e. The number of likely N-dealkylation sites (N-methyl/N-ethyl adjacent to an activating group) is 1. The van der Waals surface area contributed by atoms with Gasteiger partial charge in [0.1, 0.15) is 12.6 Å². The molecule has 0 saturated carbocycles. The van der Waals surface area contributed by atoms with Crippen LogP contribution >= 0.6 is 34.8 Å². The van der Waals surface area contributed by atoms with Crippen LogP contribution in [0.4, 0.5) is 5.69 Å². The van der Waals surface area contributed by atoms with Crippen LogP contribution in [0.2, 0.25) is 15.1 Å². The summed E-state index contributed by atoms with van der Waals surface area (Å²) < 4.78 is 25.8. The van der Waals surface area contributed by atoms with Crippen LogP contribution < -0.4 is 9.62 Å². The van der Waals surface area contributed by atoms with E-state index in [9.17, 15) is 18.0 Å². The lowest BCUT2D eigenvalue weighted by molar-refractivity contribution is -0.139. The molecule has 31 heavy (non-hydrogen) atoms. The Balaban J connectivity index is 2.42. The van der Waals surface area contributed by atoms with Gasteiger partial charge >= 0.3 is 0 Å². The highest BCUT2D eigenvalue weighted by Gasteiger charge is 2.30. The molecule has 2 rings (SSSR count). The number of amides is 2. The zero-order chi connectivity index (χ0) is 23.3. The number of halogens is 3. The van der Waals surface area contributed by atoms with E-state index in [-0.39, 0.29) is 22.3 Å². The van der Waals surface area contributed by atoms with Gasteiger partial charge in [0.05, 0.1) is 22.0 Å². The van der Waals surface area contributed by atoms with Crippen molar-refractivity contribution in [2.45, 2.75) is 19.5 Å². The minimum Gasteiger partial charge on any atom is -0.357 e. The van der Waals surface area contributed by atoms with Crippen LogP contribution in [0.5, 0.6) is 0 Å². The highest BCUT2D eigenvalue weighted by molar-refractivity contribution is 7.92. The maximum absolute atomic E-state index is 13.2. The Kier molecular flexibility index (Phi) is 8.59. The summed E-state index contributed by atoms with van der Waals surface area (Å²) in [4.78, 5) is 26.8. The fourth-order valence-electron chi connectivity index (χ4n) is 2.86. The van der Waals surface area contributed by atoms with Crippen LogP contribution in [-0.4, -0.2) is 51.0 Å². The number of benzene rings is 2. The summed E-state index contributed by atoms with van der Waals surface area (Å²) in [6, 6.07) is 10.4. The summed E-state index contributed by atoms with van der Waals surface area (Å²) in [5.41, 5.74) is 0.796. The Hall–Kier alpha value is -2.00. The van der Waals surface area contributed by atoms with Gasteiger partial charge in [-0.25, -0.2) is 8.42 Å². The van der Waals surface area contributed by atoms with Gasteiger partial charge in [-0.3, -0.25) is 13.9 Å². The van der Waals surface area contributed by atoms with Crippen LogP contribution in [0.3, 0.4) is 0 Å². The van der Waals surface area contributed by atoms with Gasteiger partial charge in [0, 0.05) is 18.6 Å². The third-order valence-corrected chi connectivity index (χ3v) is 6.75. The van der Waals surface area contributed by atoms with E-state index in [4.69, 9.17) is 34.8 Å². The topological polar surface area (TPSA) is 86.8 Å². The minimum absolute atomic E-state index is 0.00555. The first-order chi connectivity index (χ1) is 14.5. The van der Waals surface area contributed by atoms with Crippen molar-refractivity contribution in [3.63, 3.8) is 0 Å². The average molecular weight is 507 g/mol. The van der Waals surface area contributed by atoms with Crippen molar-refractivity contribution in [1.82, 2.24) is 10.2 Å². The first-order valence-electron chi connectivity index (χ1n) is 9.13. The van der Waals surface area contributed by atoms with Gasteiger partial charge in [-0.1, -0.05) is 53.0 Å². The quantitative estimate of drug-likeness (QED) is 0.593. The van der Waals surface area contributed by atoms with Crippen LogP contribution in [0, 0.1) is 0 Å². The van der Waals surface area contributed by atoms with Crippen molar-refractivity contribution in [3.8, 4) is 0 Å². The first kappa shape index (κ1) is 25.3. The summed E-state index contributed by atoms with van der Waals surface area (Å²) in [6.45, 7) is 1.07. The van der Waals surface area contributed by atoms with Gasteiger partial charge in [0.2, 0.25) is 21.8 Å². The Bertz CT molecular complexity index is 1060. The Morgan fingerprint density at radius 3 is 2.23 bits per heavy atom. The normalized spacial score (nSPS) is 12.2. The van der Waals surface area contributed by atoms with E-state index < -0.39 is 34.4 Å². The smallest absolute Gasteiger partial charge is 0.244 e. The van der Waals surface area contributed by atoms with Crippen molar-refractivity contribution in [3.05, 3.63) is 63.1 Å². The molecule has 0 saturated heterocycles. The summed E-state index contributed by atoms with van der Waals surface area (Å²) in [6.07, 6.45) is 0.962. The second-order valence-corrected chi connectivity index (χ2v) is 9.91. The lowest BCUT2D eigenvalue weighted by Crippen LogP contribution is -2.50. The molecule has 0 heterocycles. The molecule has 0 aliphatic heterocycles. The number of nitrogens with one attached hydrogen (secondary N) is 1. The fourth-order valence-corrected chi connectivity index (χ4v) is 4.29. The molecule has 2 aromatic rings. The molecule has 0 radical (unpaired) electrons. The standard InChI is InChI=1S/C20H22Cl3N3O4S/c1-13(20(28)24-2)25(11-14-7-9-15(21)10-8-14)18(27)12-26(31(3,29)30)17-6-4-5-16(22)19(17)23/h4-10,13H,11-12H2,1-3H3,(H,24,28). The summed E-state index contributed by atoms with van der Waals surface area (Å²) in [7, 11) is -2.43. The van der Waals surface area contributed by atoms with E-state index >= 15 is 0 Å². The zero-order valence-corrected chi connectivity index (χ0v) is 20.2. The van der Waals surface area contributed by atoms with E-state index in [1.54, 1.807) is 31.2 Å². The maximum atomic E-state index is 13.2. The third kappa shape index (κ3) is 6.49. The molecule has 2 aromatic carbocycles. The van der Waals surface area contributed by atoms with Crippen molar-refractivity contribution in [2.75, 3.05) is 24.2 Å². The predicted octanol–water partition coefficient (Wildman–Crippen LogP) is 3.58. The van der Waals surface area contributed by atoms with Crippen molar-refractivity contribution in [1.29, 1.82) is 0 Å². The van der Waals surface area contributed by atoms with Crippen LogP contribution in [0.1, 0.15) is 12.5 Å². The average Bonchev–Trinajstić information content (AvgIpc) is 2.71. The molecule has 7 nitrogen and oxygen atoms in total. The number of sulfonamides is 1. The van der Waals surface area contributed by atoms with Gasteiger partial charge in [0.25, 0.3) is 0 Å². The molecule has 0 aromatic heterocycles. The number of carbonyl (C=O) groups is 2. The zero-order valence-electron chi connectivity index (χ0n) is 17.1. The summed E-state index contributed by atoms with van der Waals surface area (Å²) >= 11 is 18.1. The number of nitrogens with zero attached hydrogens (tertiary/aromatic N) is 2.